The molecule has 0 spiro atoms. The van der Waals surface area contributed by atoms with Gasteiger partial charge in [0.25, 0.3) is 0 Å². The number of aryl methyl sites for hydroxylation is 1. The zero-order valence-corrected chi connectivity index (χ0v) is 12.0. The highest BCUT2D eigenvalue weighted by Crippen LogP contribution is 2.28. The molecule has 0 amide bonds. The molecule has 19 heavy (non-hydrogen) atoms. The lowest BCUT2D eigenvalue weighted by atomic mass is 9.85. The van der Waals surface area contributed by atoms with Crippen LogP contribution in [0, 0.1) is 0 Å². The Kier molecular flexibility index (Phi) is 3.90. The van der Waals surface area contributed by atoms with Gasteiger partial charge in [0.05, 0.1) is 0 Å². The second kappa shape index (κ2) is 5.64. The molecule has 1 saturated carbocycles. The van der Waals surface area contributed by atoms with Gasteiger partial charge >= 0.3 is 0 Å². The van der Waals surface area contributed by atoms with E-state index in [9.17, 15) is 0 Å². The third-order valence-electron chi connectivity index (χ3n) is 5.21. The Hall–Kier alpha value is -0.860. The van der Waals surface area contributed by atoms with Crippen LogP contribution in [-0.4, -0.2) is 30.1 Å². The first-order valence-corrected chi connectivity index (χ1v) is 7.78. The predicted molar refractivity (Wildman–Crippen MR) is 80.2 cm³/mol. The summed E-state index contributed by atoms with van der Waals surface area (Å²) in [5.41, 5.74) is 9.16. The number of rotatable bonds is 2. The van der Waals surface area contributed by atoms with Gasteiger partial charge in [-0.25, -0.2) is 0 Å². The van der Waals surface area contributed by atoms with Gasteiger partial charge in [0.15, 0.2) is 0 Å². The van der Waals surface area contributed by atoms with Crippen molar-refractivity contribution >= 4 is 0 Å². The first-order valence-electron chi connectivity index (χ1n) is 7.78. The highest BCUT2D eigenvalue weighted by Gasteiger charge is 2.28. The summed E-state index contributed by atoms with van der Waals surface area (Å²) in [5, 5.41) is 0. The van der Waals surface area contributed by atoms with Crippen molar-refractivity contribution in [2.24, 2.45) is 5.73 Å². The molecule has 1 aromatic carbocycles. The van der Waals surface area contributed by atoms with Gasteiger partial charge in [-0.1, -0.05) is 24.3 Å². The van der Waals surface area contributed by atoms with Crippen LogP contribution in [-0.2, 0) is 12.8 Å². The van der Waals surface area contributed by atoms with Crippen molar-refractivity contribution in [2.75, 3.05) is 7.05 Å². The maximum absolute atomic E-state index is 6.02. The molecular weight excluding hydrogens is 232 g/mol. The Bertz CT molecular complexity index is 421. The van der Waals surface area contributed by atoms with Crippen LogP contribution in [0.25, 0.3) is 0 Å². The first-order chi connectivity index (χ1) is 9.24. The van der Waals surface area contributed by atoms with Crippen molar-refractivity contribution < 1.29 is 0 Å². The summed E-state index contributed by atoms with van der Waals surface area (Å²) in [4.78, 5) is 2.65. The number of nitrogens with zero attached hydrogens (tertiary/aromatic N) is 1. The maximum Gasteiger partial charge on any atom is 0.0139 e. The van der Waals surface area contributed by atoms with Crippen LogP contribution in [0.15, 0.2) is 24.3 Å². The molecule has 2 N–H and O–H groups in total. The van der Waals surface area contributed by atoms with Crippen molar-refractivity contribution in [1.82, 2.24) is 4.90 Å². The molecule has 0 radical (unpaired) electrons. The first kappa shape index (κ1) is 13.1. The Morgan fingerprint density at radius 1 is 0.947 bits per heavy atom. The van der Waals surface area contributed by atoms with Crippen LogP contribution in [0.3, 0.4) is 0 Å². The molecule has 1 fully saturated rings. The van der Waals surface area contributed by atoms with E-state index in [2.05, 4.69) is 36.2 Å². The predicted octanol–water partition coefficient (Wildman–Crippen LogP) is 2.75. The van der Waals surface area contributed by atoms with E-state index in [1.807, 2.05) is 0 Å². The fraction of sp³-hybridized carbons (Fsp3) is 0.647. The maximum atomic E-state index is 6.02. The van der Waals surface area contributed by atoms with Gasteiger partial charge < -0.3 is 10.6 Å². The minimum Gasteiger partial charge on any atom is -0.328 e. The Labute approximate surface area is 117 Å². The average molecular weight is 258 g/mol. The molecule has 2 aliphatic rings. The van der Waals surface area contributed by atoms with Crippen LogP contribution in [0.5, 0.6) is 0 Å². The molecule has 104 valence electrons. The largest absolute Gasteiger partial charge is 0.328 e. The molecule has 1 unspecified atom stereocenters. The molecule has 0 aromatic heterocycles. The standard InChI is InChI=1S/C17H26N2/c1-19(16-10-7-15(18)8-11-16)17-9-6-13-4-2-3-5-14(13)12-17/h2-5,15-17H,6-12,18H2,1H3. The van der Waals surface area contributed by atoms with E-state index in [1.165, 1.54) is 44.9 Å². The summed E-state index contributed by atoms with van der Waals surface area (Å²) >= 11 is 0. The number of nitrogens with two attached hydrogens (primary N) is 1. The van der Waals surface area contributed by atoms with Crippen LogP contribution in [0.1, 0.15) is 43.2 Å². The van der Waals surface area contributed by atoms with Crippen LogP contribution in [0.2, 0.25) is 0 Å². The summed E-state index contributed by atoms with van der Waals surface area (Å²) < 4.78 is 0. The van der Waals surface area contributed by atoms with Crippen molar-refractivity contribution in [2.45, 2.75) is 63.1 Å². The Morgan fingerprint density at radius 2 is 1.63 bits per heavy atom. The fourth-order valence-electron chi connectivity index (χ4n) is 3.83. The molecule has 2 heteroatoms. The van der Waals surface area contributed by atoms with Gasteiger partial charge in [-0.2, -0.15) is 0 Å². The molecule has 0 bridgehead atoms. The van der Waals surface area contributed by atoms with Crippen molar-refractivity contribution in [3.05, 3.63) is 35.4 Å². The zero-order chi connectivity index (χ0) is 13.2. The van der Waals surface area contributed by atoms with E-state index in [4.69, 9.17) is 5.73 Å². The van der Waals surface area contributed by atoms with Gasteiger partial charge in [-0.3, -0.25) is 0 Å². The van der Waals surface area contributed by atoms with Gasteiger partial charge in [0.2, 0.25) is 0 Å². The molecule has 0 heterocycles. The lowest BCUT2D eigenvalue weighted by Crippen LogP contribution is -2.46. The van der Waals surface area contributed by atoms with E-state index in [0.29, 0.717) is 6.04 Å². The zero-order valence-electron chi connectivity index (χ0n) is 12.0. The lowest BCUT2D eigenvalue weighted by Gasteiger charge is -2.40. The highest BCUT2D eigenvalue weighted by atomic mass is 15.2. The summed E-state index contributed by atoms with van der Waals surface area (Å²) in [5.74, 6) is 0. The second-order valence-electron chi connectivity index (χ2n) is 6.40. The lowest BCUT2D eigenvalue weighted by molar-refractivity contribution is 0.122. The van der Waals surface area contributed by atoms with Crippen molar-refractivity contribution in [3.63, 3.8) is 0 Å². The summed E-state index contributed by atoms with van der Waals surface area (Å²) in [6.07, 6.45) is 8.78. The summed E-state index contributed by atoms with van der Waals surface area (Å²) in [7, 11) is 2.33. The Morgan fingerprint density at radius 3 is 2.37 bits per heavy atom. The number of likely N-dealkylation sites (N-methyl/N-ethyl adjacent to an activating group) is 1. The van der Waals surface area contributed by atoms with E-state index in [-0.39, 0.29) is 0 Å². The van der Waals surface area contributed by atoms with Crippen molar-refractivity contribution in [1.29, 1.82) is 0 Å². The number of hydrogen-bond acceptors (Lipinski definition) is 2. The molecular formula is C17H26N2. The molecule has 1 aromatic rings. The molecule has 3 rings (SSSR count). The second-order valence-corrected chi connectivity index (χ2v) is 6.40. The van der Waals surface area contributed by atoms with Gasteiger partial charge in [-0.05, 0) is 63.1 Å². The summed E-state index contributed by atoms with van der Waals surface area (Å²) in [6.45, 7) is 0. The van der Waals surface area contributed by atoms with Gasteiger partial charge in [0.1, 0.15) is 0 Å². The summed E-state index contributed by atoms with van der Waals surface area (Å²) in [6, 6.07) is 10.9. The van der Waals surface area contributed by atoms with E-state index >= 15 is 0 Å². The smallest absolute Gasteiger partial charge is 0.0139 e. The van der Waals surface area contributed by atoms with E-state index in [0.717, 1.165) is 12.1 Å². The molecule has 2 nitrogen and oxygen atoms in total. The fourth-order valence-corrected chi connectivity index (χ4v) is 3.83. The molecule has 2 aliphatic carbocycles. The van der Waals surface area contributed by atoms with Crippen LogP contribution in [0.4, 0.5) is 0 Å². The van der Waals surface area contributed by atoms with E-state index in [1.54, 1.807) is 11.1 Å². The number of benzene rings is 1. The monoisotopic (exact) mass is 258 g/mol. The Balaban J connectivity index is 1.64. The van der Waals surface area contributed by atoms with Gasteiger partial charge in [-0.15, -0.1) is 0 Å². The van der Waals surface area contributed by atoms with Crippen molar-refractivity contribution in [3.8, 4) is 0 Å². The topological polar surface area (TPSA) is 29.3 Å². The molecule has 1 atom stereocenters. The minimum atomic E-state index is 0.455. The minimum absolute atomic E-state index is 0.455. The molecule has 0 aliphatic heterocycles. The number of hydrogen-bond donors (Lipinski definition) is 1. The SMILES string of the molecule is CN(C1CCC(N)CC1)C1CCc2ccccc2C1. The average Bonchev–Trinajstić information content (AvgIpc) is 2.47. The normalized spacial score (nSPS) is 31.2. The van der Waals surface area contributed by atoms with Crippen LogP contribution < -0.4 is 5.73 Å². The van der Waals surface area contributed by atoms with Gasteiger partial charge in [0, 0.05) is 18.1 Å². The quantitative estimate of drug-likeness (QED) is 0.884. The van der Waals surface area contributed by atoms with E-state index < -0.39 is 0 Å². The number of fused-ring (bicyclic) bond motifs is 1. The third-order valence-corrected chi connectivity index (χ3v) is 5.21. The third kappa shape index (κ3) is 2.85. The highest BCUT2D eigenvalue weighted by molar-refractivity contribution is 5.30. The molecule has 0 saturated heterocycles. The van der Waals surface area contributed by atoms with Crippen LogP contribution >= 0.6 is 0 Å².